The summed E-state index contributed by atoms with van der Waals surface area (Å²) in [5.74, 6) is -2.87. The van der Waals surface area contributed by atoms with Gasteiger partial charge < -0.3 is 10.4 Å². The Bertz CT molecular complexity index is 530. The van der Waals surface area contributed by atoms with Crippen molar-refractivity contribution in [3.8, 4) is 0 Å². The zero-order valence-electron chi connectivity index (χ0n) is 10.3. The second-order valence-electron chi connectivity index (χ2n) is 4.07. The number of hydrogen-bond acceptors (Lipinski definition) is 2. The lowest BCUT2D eigenvalue weighted by atomic mass is 10.1. The molecule has 4 nitrogen and oxygen atoms in total. The number of carboxylic acids is 1. The molecule has 1 amide bonds. The summed E-state index contributed by atoms with van der Waals surface area (Å²) in [5, 5.41) is 10.4. The number of benzene rings is 1. The molecule has 1 aromatic carbocycles. The van der Waals surface area contributed by atoms with Gasteiger partial charge in [-0.3, -0.25) is 4.79 Å². The van der Waals surface area contributed by atoms with Crippen LogP contribution >= 0.6 is 0 Å². The van der Waals surface area contributed by atoms with Crippen LogP contribution in [0.5, 0.6) is 0 Å². The number of nitrogens with one attached hydrogen (secondary N) is 1. The molecule has 2 N–H and O–H groups in total. The van der Waals surface area contributed by atoms with Crippen molar-refractivity contribution in [3.63, 3.8) is 0 Å². The van der Waals surface area contributed by atoms with Crippen molar-refractivity contribution >= 4 is 11.9 Å². The van der Waals surface area contributed by atoms with E-state index in [-0.39, 0.29) is 0 Å². The first-order chi connectivity index (χ1) is 9.61. The predicted molar refractivity (Wildman–Crippen MR) is 61.0 cm³/mol. The van der Waals surface area contributed by atoms with Crippen LogP contribution in [-0.4, -0.2) is 29.5 Å². The van der Waals surface area contributed by atoms with Crippen molar-refractivity contribution in [1.29, 1.82) is 0 Å². The van der Waals surface area contributed by atoms with Crippen molar-refractivity contribution in [2.24, 2.45) is 0 Å². The first kappa shape index (κ1) is 16.9. The molecule has 0 aromatic heterocycles. The zero-order chi connectivity index (χ0) is 16.2. The summed E-state index contributed by atoms with van der Waals surface area (Å²) < 4.78 is 61.7. The molecule has 0 saturated carbocycles. The molecule has 1 atom stereocenters. The molecule has 0 spiro atoms. The van der Waals surface area contributed by atoms with E-state index in [4.69, 9.17) is 5.11 Å². The van der Waals surface area contributed by atoms with Crippen LogP contribution < -0.4 is 5.32 Å². The minimum Gasteiger partial charge on any atom is -0.480 e. The zero-order valence-corrected chi connectivity index (χ0v) is 10.3. The number of carbonyl (C=O) groups excluding carboxylic acids is 1. The highest BCUT2D eigenvalue weighted by Gasteiger charge is 2.31. The molecule has 9 heteroatoms. The topological polar surface area (TPSA) is 66.4 Å². The Labute approximate surface area is 115 Å². The van der Waals surface area contributed by atoms with Gasteiger partial charge in [0.1, 0.15) is 6.04 Å². The standard InChI is InChI=1S/C12H10F5NO3/c13-9(14)5-8(11(20)21)18-10(19)6-2-1-3-7(4-6)12(15,16)17/h1-4,8-9H,5H2,(H,18,19)(H,20,21). The second-order valence-corrected chi connectivity index (χ2v) is 4.07. The molecule has 21 heavy (non-hydrogen) atoms. The molecule has 0 aliphatic heterocycles. The minimum absolute atomic E-state index is 0.467. The summed E-state index contributed by atoms with van der Waals surface area (Å²) in [7, 11) is 0. The summed E-state index contributed by atoms with van der Waals surface area (Å²) in [6.45, 7) is 0. The average molecular weight is 311 g/mol. The number of alkyl halides is 5. The summed E-state index contributed by atoms with van der Waals surface area (Å²) >= 11 is 0. The highest BCUT2D eigenvalue weighted by Crippen LogP contribution is 2.29. The molecule has 1 aromatic rings. The van der Waals surface area contributed by atoms with Gasteiger partial charge in [0.2, 0.25) is 6.43 Å². The fourth-order valence-electron chi connectivity index (χ4n) is 1.48. The van der Waals surface area contributed by atoms with Crippen LogP contribution in [0.15, 0.2) is 24.3 Å². The first-order valence-electron chi connectivity index (χ1n) is 5.60. The van der Waals surface area contributed by atoms with Crippen LogP contribution in [0.4, 0.5) is 22.0 Å². The number of carboxylic acid groups (broad SMARTS) is 1. The third-order valence-corrected chi connectivity index (χ3v) is 2.47. The maximum absolute atomic E-state index is 12.5. The number of hydrogen-bond donors (Lipinski definition) is 2. The number of rotatable bonds is 5. The van der Waals surface area contributed by atoms with Crippen LogP contribution in [-0.2, 0) is 11.0 Å². The van der Waals surface area contributed by atoms with E-state index in [1.54, 1.807) is 5.32 Å². The number of carbonyl (C=O) groups is 2. The highest BCUT2D eigenvalue weighted by atomic mass is 19.4. The highest BCUT2D eigenvalue weighted by molar-refractivity contribution is 5.96. The van der Waals surface area contributed by atoms with Gasteiger partial charge in [0.25, 0.3) is 5.91 Å². The third kappa shape index (κ3) is 5.01. The van der Waals surface area contributed by atoms with Crippen molar-refractivity contribution in [1.82, 2.24) is 5.32 Å². The molecule has 116 valence electrons. The fourth-order valence-corrected chi connectivity index (χ4v) is 1.48. The third-order valence-electron chi connectivity index (χ3n) is 2.47. The Hall–Kier alpha value is -2.19. The Morgan fingerprint density at radius 3 is 2.33 bits per heavy atom. The van der Waals surface area contributed by atoms with Gasteiger partial charge in [-0.05, 0) is 18.2 Å². The summed E-state index contributed by atoms with van der Waals surface area (Å²) in [4.78, 5) is 22.3. The quantitative estimate of drug-likeness (QED) is 0.821. The van der Waals surface area contributed by atoms with Crippen LogP contribution in [0.1, 0.15) is 22.3 Å². The van der Waals surface area contributed by atoms with Gasteiger partial charge in [0, 0.05) is 12.0 Å². The predicted octanol–water partition coefficient (Wildman–Crippen LogP) is 2.54. The molecule has 0 fully saturated rings. The second kappa shape index (κ2) is 6.51. The molecule has 0 aliphatic carbocycles. The van der Waals surface area contributed by atoms with Crippen molar-refractivity contribution in [2.75, 3.05) is 0 Å². The molecule has 1 unspecified atom stereocenters. The van der Waals surface area contributed by atoms with Crippen LogP contribution in [0, 0.1) is 0 Å². The van der Waals surface area contributed by atoms with E-state index >= 15 is 0 Å². The molecule has 1 rings (SSSR count). The van der Waals surface area contributed by atoms with E-state index in [1.165, 1.54) is 0 Å². The molecule has 0 saturated heterocycles. The molecular formula is C12H10F5NO3. The normalized spacial score (nSPS) is 13.0. The maximum Gasteiger partial charge on any atom is 0.416 e. The van der Waals surface area contributed by atoms with E-state index in [0.717, 1.165) is 18.2 Å². The van der Waals surface area contributed by atoms with E-state index < -0.39 is 48.1 Å². The SMILES string of the molecule is O=C(NC(CC(F)F)C(=O)O)c1cccc(C(F)(F)F)c1. The summed E-state index contributed by atoms with van der Waals surface area (Å²) in [6, 6.07) is 1.33. The lowest BCUT2D eigenvalue weighted by molar-refractivity contribution is -0.140. The van der Waals surface area contributed by atoms with Gasteiger partial charge in [0.15, 0.2) is 0 Å². The van der Waals surface area contributed by atoms with Crippen molar-refractivity contribution < 1.29 is 36.6 Å². The largest absolute Gasteiger partial charge is 0.480 e. The smallest absolute Gasteiger partial charge is 0.416 e. The van der Waals surface area contributed by atoms with Gasteiger partial charge in [0.05, 0.1) is 5.56 Å². The monoisotopic (exact) mass is 311 g/mol. The van der Waals surface area contributed by atoms with Crippen LogP contribution in [0.25, 0.3) is 0 Å². The molecule has 0 bridgehead atoms. The van der Waals surface area contributed by atoms with Gasteiger partial charge in [-0.2, -0.15) is 13.2 Å². The Morgan fingerprint density at radius 1 is 1.24 bits per heavy atom. The number of amides is 1. The lowest BCUT2D eigenvalue weighted by Crippen LogP contribution is -2.42. The van der Waals surface area contributed by atoms with E-state index in [2.05, 4.69) is 0 Å². The van der Waals surface area contributed by atoms with Gasteiger partial charge in [-0.25, -0.2) is 13.6 Å². The molecular weight excluding hydrogens is 301 g/mol. The number of halogens is 5. The molecule has 0 radical (unpaired) electrons. The maximum atomic E-state index is 12.5. The van der Waals surface area contributed by atoms with Crippen LogP contribution in [0.2, 0.25) is 0 Å². The van der Waals surface area contributed by atoms with Gasteiger partial charge >= 0.3 is 12.1 Å². The Balaban J connectivity index is 2.90. The average Bonchev–Trinajstić information content (AvgIpc) is 2.36. The van der Waals surface area contributed by atoms with E-state index in [1.807, 2.05) is 0 Å². The Kier molecular flexibility index (Phi) is 5.23. The summed E-state index contributed by atoms with van der Waals surface area (Å²) in [5.41, 5.74) is -1.57. The van der Waals surface area contributed by atoms with Gasteiger partial charge in [-0.15, -0.1) is 0 Å². The van der Waals surface area contributed by atoms with Crippen LogP contribution in [0.3, 0.4) is 0 Å². The fraction of sp³-hybridized carbons (Fsp3) is 0.333. The number of aliphatic carboxylic acids is 1. The van der Waals surface area contributed by atoms with E-state index in [0.29, 0.717) is 6.07 Å². The van der Waals surface area contributed by atoms with Crippen molar-refractivity contribution in [3.05, 3.63) is 35.4 Å². The lowest BCUT2D eigenvalue weighted by Gasteiger charge is -2.14. The first-order valence-corrected chi connectivity index (χ1v) is 5.60. The van der Waals surface area contributed by atoms with E-state index in [9.17, 15) is 31.5 Å². The van der Waals surface area contributed by atoms with Crippen molar-refractivity contribution in [2.45, 2.75) is 25.1 Å². The van der Waals surface area contributed by atoms with Gasteiger partial charge in [-0.1, -0.05) is 6.07 Å². The molecule has 0 aliphatic rings. The summed E-state index contributed by atoms with van der Waals surface area (Å²) in [6.07, 6.45) is -8.79. The Morgan fingerprint density at radius 2 is 1.86 bits per heavy atom. The molecule has 0 heterocycles. The minimum atomic E-state index is -4.68.